The van der Waals surface area contributed by atoms with Gasteiger partial charge in [-0.3, -0.25) is 9.88 Å². The first-order chi connectivity index (χ1) is 9.38. The molecule has 1 aliphatic rings. The van der Waals surface area contributed by atoms with Crippen LogP contribution in [0.2, 0.25) is 0 Å². The van der Waals surface area contributed by atoms with Gasteiger partial charge in [0.1, 0.15) is 0 Å². The van der Waals surface area contributed by atoms with Crippen LogP contribution in [0.4, 0.5) is 13.2 Å². The number of rotatable bonds is 4. The topological polar surface area (TPSA) is 36.4 Å². The number of pyridine rings is 1. The molecule has 0 radical (unpaired) electrons. The normalized spacial score (nSPS) is 22.1. The fraction of sp³-hybridized carbons (Fsp3) is 0.643. The highest BCUT2D eigenvalue weighted by Crippen LogP contribution is 2.32. The van der Waals surface area contributed by atoms with Gasteiger partial charge >= 0.3 is 6.18 Å². The Hall–Kier alpha value is -1.14. The van der Waals surface area contributed by atoms with Crippen molar-refractivity contribution in [2.45, 2.75) is 51.1 Å². The average molecular weight is 288 g/mol. The predicted octanol–water partition coefficient (Wildman–Crippen LogP) is 2.84. The second-order valence-electron chi connectivity index (χ2n) is 5.35. The third kappa shape index (κ3) is 3.70. The molecule has 2 atom stereocenters. The van der Waals surface area contributed by atoms with Gasteiger partial charge < -0.3 is 5.11 Å². The third-order valence-electron chi connectivity index (χ3n) is 3.66. The smallest absolute Gasteiger partial charge is 0.393 e. The number of aliphatic hydroxyl groups is 1. The number of aliphatic hydroxyl groups excluding tert-OH is 1. The molecule has 0 aliphatic carbocycles. The van der Waals surface area contributed by atoms with Gasteiger partial charge in [0.15, 0.2) is 0 Å². The lowest BCUT2D eigenvalue weighted by Gasteiger charge is -2.26. The summed E-state index contributed by atoms with van der Waals surface area (Å²) in [4.78, 5) is 5.89. The molecule has 20 heavy (non-hydrogen) atoms. The monoisotopic (exact) mass is 288 g/mol. The van der Waals surface area contributed by atoms with Gasteiger partial charge in [-0.25, -0.2) is 0 Å². The SMILES string of the molecule is CC(O)CC1CCCN1Cc1ncccc1C(F)(F)F. The maximum atomic E-state index is 12.9. The van der Waals surface area contributed by atoms with Crippen LogP contribution < -0.4 is 0 Å². The Labute approximate surface area is 116 Å². The van der Waals surface area contributed by atoms with Crippen LogP contribution in [0.5, 0.6) is 0 Å². The molecule has 1 saturated heterocycles. The summed E-state index contributed by atoms with van der Waals surface area (Å²) in [5.74, 6) is 0. The van der Waals surface area contributed by atoms with E-state index in [2.05, 4.69) is 4.98 Å². The molecule has 0 amide bonds. The van der Waals surface area contributed by atoms with Crippen molar-refractivity contribution in [2.75, 3.05) is 6.54 Å². The highest BCUT2D eigenvalue weighted by Gasteiger charge is 2.35. The fourth-order valence-corrected chi connectivity index (χ4v) is 2.78. The molecular weight excluding hydrogens is 269 g/mol. The standard InChI is InChI=1S/C14H19F3N2O/c1-10(20)8-11-4-3-7-19(11)9-13-12(14(15,16)17)5-2-6-18-13/h2,5-6,10-11,20H,3-4,7-9H2,1H3. The van der Waals surface area contributed by atoms with E-state index in [1.807, 2.05) is 4.90 Å². The van der Waals surface area contributed by atoms with E-state index in [-0.39, 0.29) is 18.3 Å². The number of halogens is 3. The predicted molar refractivity (Wildman–Crippen MR) is 69.0 cm³/mol. The van der Waals surface area contributed by atoms with Crippen LogP contribution in [0.1, 0.15) is 37.4 Å². The largest absolute Gasteiger partial charge is 0.418 e. The van der Waals surface area contributed by atoms with E-state index >= 15 is 0 Å². The van der Waals surface area contributed by atoms with Gasteiger partial charge in [-0.1, -0.05) is 0 Å². The lowest BCUT2D eigenvalue weighted by Crippen LogP contribution is -2.32. The molecule has 1 N–H and O–H groups in total. The zero-order valence-corrected chi connectivity index (χ0v) is 11.4. The lowest BCUT2D eigenvalue weighted by molar-refractivity contribution is -0.138. The van der Waals surface area contributed by atoms with Crippen molar-refractivity contribution >= 4 is 0 Å². The van der Waals surface area contributed by atoms with Crippen molar-refractivity contribution in [1.82, 2.24) is 9.88 Å². The summed E-state index contributed by atoms with van der Waals surface area (Å²) in [6.45, 7) is 2.65. The maximum Gasteiger partial charge on any atom is 0.418 e. The number of hydrogen-bond acceptors (Lipinski definition) is 3. The zero-order chi connectivity index (χ0) is 14.8. The minimum absolute atomic E-state index is 0.0671. The van der Waals surface area contributed by atoms with Gasteiger partial charge in [0, 0.05) is 18.8 Å². The minimum atomic E-state index is -4.37. The fourth-order valence-electron chi connectivity index (χ4n) is 2.78. The van der Waals surface area contributed by atoms with Crippen LogP contribution >= 0.6 is 0 Å². The summed E-state index contributed by atoms with van der Waals surface area (Å²) in [6, 6.07) is 2.52. The highest BCUT2D eigenvalue weighted by atomic mass is 19.4. The first-order valence-corrected chi connectivity index (χ1v) is 6.81. The molecule has 0 saturated carbocycles. The first-order valence-electron chi connectivity index (χ1n) is 6.81. The molecule has 0 aromatic carbocycles. The van der Waals surface area contributed by atoms with Gasteiger partial charge in [0.2, 0.25) is 0 Å². The Morgan fingerprint density at radius 1 is 1.50 bits per heavy atom. The molecule has 112 valence electrons. The summed E-state index contributed by atoms with van der Waals surface area (Å²) in [5, 5.41) is 9.46. The van der Waals surface area contributed by atoms with E-state index in [4.69, 9.17) is 0 Å². The lowest BCUT2D eigenvalue weighted by atomic mass is 10.1. The summed E-state index contributed by atoms with van der Waals surface area (Å²) >= 11 is 0. The third-order valence-corrected chi connectivity index (χ3v) is 3.66. The van der Waals surface area contributed by atoms with E-state index in [0.29, 0.717) is 6.42 Å². The zero-order valence-electron chi connectivity index (χ0n) is 11.4. The Bertz CT molecular complexity index is 448. The van der Waals surface area contributed by atoms with Crippen LogP contribution in [0.3, 0.4) is 0 Å². The van der Waals surface area contributed by atoms with Crippen molar-refractivity contribution in [3.63, 3.8) is 0 Å². The van der Waals surface area contributed by atoms with E-state index in [1.165, 1.54) is 12.3 Å². The highest BCUT2D eigenvalue weighted by molar-refractivity contribution is 5.23. The second kappa shape index (κ2) is 6.10. The summed E-state index contributed by atoms with van der Waals surface area (Å²) in [5.41, 5.74) is -0.597. The van der Waals surface area contributed by atoms with Crippen LogP contribution in [-0.4, -0.2) is 33.7 Å². The number of likely N-dealkylation sites (tertiary alicyclic amines) is 1. The summed E-state index contributed by atoms with van der Waals surface area (Å²) in [6.07, 6.45) is -0.960. The van der Waals surface area contributed by atoms with E-state index in [9.17, 15) is 18.3 Å². The molecular formula is C14H19F3N2O. The Morgan fingerprint density at radius 2 is 2.25 bits per heavy atom. The summed E-state index contributed by atoms with van der Waals surface area (Å²) in [7, 11) is 0. The van der Waals surface area contributed by atoms with Gasteiger partial charge in [0.25, 0.3) is 0 Å². The second-order valence-corrected chi connectivity index (χ2v) is 5.35. The van der Waals surface area contributed by atoms with Gasteiger partial charge in [-0.05, 0) is 44.9 Å². The molecule has 1 aromatic rings. The van der Waals surface area contributed by atoms with Gasteiger partial charge in [0.05, 0.1) is 17.4 Å². The van der Waals surface area contributed by atoms with Crippen molar-refractivity contribution in [2.24, 2.45) is 0 Å². The number of nitrogens with zero attached hydrogens (tertiary/aromatic N) is 2. The minimum Gasteiger partial charge on any atom is -0.393 e. The summed E-state index contributed by atoms with van der Waals surface area (Å²) < 4.78 is 38.8. The van der Waals surface area contributed by atoms with Gasteiger partial charge in [-0.2, -0.15) is 13.2 Å². The van der Waals surface area contributed by atoms with Crippen LogP contribution in [0.15, 0.2) is 18.3 Å². The van der Waals surface area contributed by atoms with Crippen molar-refractivity contribution < 1.29 is 18.3 Å². The van der Waals surface area contributed by atoms with Crippen molar-refractivity contribution in [3.8, 4) is 0 Å². The maximum absolute atomic E-state index is 12.9. The number of alkyl halides is 3. The van der Waals surface area contributed by atoms with E-state index < -0.39 is 17.8 Å². The number of hydrogen-bond donors (Lipinski definition) is 1. The average Bonchev–Trinajstić information content (AvgIpc) is 2.75. The Kier molecular flexibility index (Phi) is 4.65. The Balaban J connectivity index is 2.14. The molecule has 1 aromatic heterocycles. The molecule has 6 heteroatoms. The van der Waals surface area contributed by atoms with E-state index in [1.54, 1.807) is 6.92 Å². The first kappa shape index (κ1) is 15.3. The van der Waals surface area contributed by atoms with Crippen LogP contribution in [0, 0.1) is 0 Å². The van der Waals surface area contributed by atoms with Gasteiger partial charge in [-0.15, -0.1) is 0 Å². The quantitative estimate of drug-likeness (QED) is 0.925. The molecule has 0 bridgehead atoms. The molecule has 2 unspecified atom stereocenters. The molecule has 2 rings (SSSR count). The Morgan fingerprint density at radius 3 is 2.90 bits per heavy atom. The van der Waals surface area contributed by atoms with Crippen molar-refractivity contribution in [1.29, 1.82) is 0 Å². The van der Waals surface area contributed by atoms with E-state index in [0.717, 1.165) is 25.5 Å². The molecule has 1 fully saturated rings. The van der Waals surface area contributed by atoms with Crippen LogP contribution in [0.25, 0.3) is 0 Å². The molecule has 0 spiro atoms. The molecule has 1 aliphatic heterocycles. The molecule has 2 heterocycles. The van der Waals surface area contributed by atoms with Crippen LogP contribution in [-0.2, 0) is 12.7 Å². The van der Waals surface area contributed by atoms with Crippen molar-refractivity contribution in [3.05, 3.63) is 29.6 Å². The number of aromatic nitrogens is 1. The molecule has 3 nitrogen and oxygen atoms in total.